The van der Waals surface area contributed by atoms with Gasteiger partial charge in [-0.1, -0.05) is 0 Å². The molecule has 0 atom stereocenters. The largest absolute Gasteiger partial charge is 0.405 e. The van der Waals surface area contributed by atoms with Crippen molar-refractivity contribution in [3.05, 3.63) is 29.8 Å². The molecule has 0 aliphatic heterocycles. The minimum Gasteiger partial charge on any atom is -0.343 e. The first-order valence-corrected chi connectivity index (χ1v) is 7.79. The summed E-state index contributed by atoms with van der Waals surface area (Å²) in [6.07, 6.45) is -4.04. The number of carbonyl (C=O) groups excluding carboxylic acids is 1. The van der Waals surface area contributed by atoms with Gasteiger partial charge in [0.2, 0.25) is 10.0 Å². The molecule has 0 saturated carbocycles. The Hall–Kier alpha value is -1.65. The lowest BCUT2D eigenvalue weighted by Crippen LogP contribution is -2.33. The molecule has 22 heavy (non-hydrogen) atoms. The maximum absolute atomic E-state index is 12.0. The van der Waals surface area contributed by atoms with Crippen molar-refractivity contribution in [2.24, 2.45) is 5.73 Å². The summed E-state index contributed by atoms with van der Waals surface area (Å²) in [7, 11) is -3.73. The highest BCUT2D eigenvalue weighted by molar-refractivity contribution is 7.89. The smallest absolute Gasteiger partial charge is 0.343 e. The summed E-state index contributed by atoms with van der Waals surface area (Å²) in [5.41, 5.74) is 5.18. The molecular formula is C12H16F3N3O3S. The SMILES string of the molecule is NCCCNS(=O)(=O)c1ccc(C(=O)NCC(F)(F)F)cc1. The van der Waals surface area contributed by atoms with Crippen LogP contribution in [0.3, 0.4) is 0 Å². The molecule has 0 heterocycles. The summed E-state index contributed by atoms with van der Waals surface area (Å²) in [4.78, 5) is 11.4. The van der Waals surface area contributed by atoms with E-state index in [2.05, 4.69) is 4.72 Å². The topological polar surface area (TPSA) is 101 Å². The van der Waals surface area contributed by atoms with Crippen LogP contribution in [0.5, 0.6) is 0 Å². The van der Waals surface area contributed by atoms with Gasteiger partial charge in [-0.2, -0.15) is 13.2 Å². The zero-order chi connectivity index (χ0) is 16.8. The van der Waals surface area contributed by atoms with Crippen molar-refractivity contribution in [3.8, 4) is 0 Å². The first-order chi connectivity index (χ1) is 10.2. The number of nitrogens with two attached hydrogens (primary N) is 1. The molecule has 1 rings (SSSR count). The molecule has 0 aliphatic rings. The quantitative estimate of drug-likeness (QED) is 0.633. The van der Waals surface area contributed by atoms with Gasteiger partial charge in [0.15, 0.2) is 0 Å². The van der Waals surface area contributed by atoms with E-state index in [0.29, 0.717) is 13.0 Å². The molecular weight excluding hydrogens is 323 g/mol. The van der Waals surface area contributed by atoms with Gasteiger partial charge in [0.25, 0.3) is 5.91 Å². The Morgan fingerprint density at radius 3 is 2.27 bits per heavy atom. The molecule has 0 aliphatic carbocycles. The Morgan fingerprint density at radius 2 is 1.77 bits per heavy atom. The van der Waals surface area contributed by atoms with Crippen LogP contribution in [-0.4, -0.2) is 40.1 Å². The lowest BCUT2D eigenvalue weighted by atomic mass is 10.2. The van der Waals surface area contributed by atoms with Crippen molar-refractivity contribution in [2.75, 3.05) is 19.6 Å². The number of hydrogen-bond acceptors (Lipinski definition) is 4. The van der Waals surface area contributed by atoms with Gasteiger partial charge in [-0.3, -0.25) is 4.79 Å². The summed E-state index contributed by atoms with van der Waals surface area (Å²) in [6.45, 7) is -0.944. The third-order valence-electron chi connectivity index (χ3n) is 2.55. The number of amides is 1. The fourth-order valence-corrected chi connectivity index (χ4v) is 2.53. The summed E-state index contributed by atoms with van der Waals surface area (Å²) < 4.78 is 62.0. The fourth-order valence-electron chi connectivity index (χ4n) is 1.46. The molecule has 0 spiro atoms. The van der Waals surface area contributed by atoms with E-state index in [1.165, 1.54) is 0 Å². The maximum atomic E-state index is 12.0. The molecule has 6 nitrogen and oxygen atoms in total. The average molecular weight is 339 g/mol. The number of carbonyl (C=O) groups is 1. The lowest BCUT2D eigenvalue weighted by molar-refractivity contribution is -0.123. The molecule has 0 radical (unpaired) electrons. The van der Waals surface area contributed by atoms with Gasteiger partial charge in [-0.05, 0) is 37.2 Å². The molecule has 0 unspecified atom stereocenters. The molecule has 1 aromatic carbocycles. The molecule has 0 bridgehead atoms. The van der Waals surface area contributed by atoms with Crippen molar-refractivity contribution in [3.63, 3.8) is 0 Å². The van der Waals surface area contributed by atoms with E-state index in [1.807, 2.05) is 0 Å². The van der Waals surface area contributed by atoms with Gasteiger partial charge in [-0.25, -0.2) is 13.1 Å². The fraction of sp³-hybridized carbons (Fsp3) is 0.417. The van der Waals surface area contributed by atoms with E-state index >= 15 is 0 Å². The Morgan fingerprint density at radius 1 is 1.18 bits per heavy atom. The Kier molecular flexibility index (Phi) is 6.33. The van der Waals surface area contributed by atoms with E-state index in [4.69, 9.17) is 5.73 Å². The summed E-state index contributed by atoms with van der Waals surface area (Å²) >= 11 is 0. The van der Waals surface area contributed by atoms with Crippen LogP contribution >= 0.6 is 0 Å². The van der Waals surface area contributed by atoms with E-state index in [-0.39, 0.29) is 17.0 Å². The molecule has 124 valence electrons. The van der Waals surface area contributed by atoms with Crippen LogP contribution in [-0.2, 0) is 10.0 Å². The number of rotatable bonds is 7. The predicted octanol–water partition coefficient (Wildman–Crippen LogP) is 0.606. The highest BCUT2D eigenvalue weighted by Crippen LogP contribution is 2.14. The van der Waals surface area contributed by atoms with E-state index in [9.17, 15) is 26.4 Å². The van der Waals surface area contributed by atoms with Crippen molar-refractivity contribution < 1.29 is 26.4 Å². The third-order valence-corrected chi connectivity index (χ3v) is 4.03. The number of hydrogen-bond donors (Lipinski definition) is 3. The average Bonchev–Trinajstić information content (AvgIpc) is 2.44. The minimum absolute atomic E-state index is 0.0647. The van der Waals surface area contributed by atoms with Gasteiger partial charge in [0.05, 0.1) is 4.90 Å². The number of alkyl halides is 3. The van der Waals surface area contributed by atoms with Crippen LogP contribution < -0.4 is 15.8 Å². The van der Waals surface area contributed by atoms with Gasteiger partial charge in [0.1, 0.15) is 6.54 Å². The number of benzene rings is 1. The van der Waals surface area contributed by atoms with Crippen molar-refractivity contribution in [1.29, 1.82) is 0 Å². The van der Waals surface area contributed by atoms with Gasteiger partial charge < -0.3 is 11.1 Å². The summed E-state index contributed by atoms with van der Waals surface area (Å²) in [5.74, 6) is -0.933. The van der Waals surface area contributed by atoms with E-state index < -0.39 is 28.7 Å². The molecule has 0 saturated heterocycles. The van der Waals surface area contributed by atoms with E-state index in [0.717, 1.165) is 24.3 Å². The summed E-state index contributed by atoms with van der Waals surface area (Å²) in [5, 5.41) is 1.70. The van der Waals surface area contributed by atoms with Crippen LogP contribution in [0, 0.1) is 0 Å². The van der Waals surface area contributed by atoms with Crippen molar-refractivity contribution in [2.45, 2.75) is 17.5 Å². The van der Waals surface area contributed by atoms with Crippen LogP contribution in [0.1, 0.15) is 16.8 Å². The molecule has 10 heteroatoms. The van der Waals surface area contributed by atoms with Crippen LogP contribution in [0.25, 0.3) is 0 Å². The first kappa shape index (κ1) is 18.4. The number of halogens is 3. The van der Waals surface area contributed by atoms with Crippen LogP contribution in [0.4, 0.5) is 13.2 Å². The highest BCUT2D eigenvalue weighted by Gasteiger charge is 2.27. The zero-order valence-electron chi connectivity index (χ0n) is 11.5. The Labute approximate surface area is 125 Å². The molecule has 1 aromatic rings. The normalized spacial score (nSPS) is 12.2. The second-order valence-corrected chi connectivity index (χ2v) is 6.13. The molecule has 0 aromatic heterocycles. The lowest BCUT2D eigenvalue weighted by Gasteiger charge is -2.09. The number of nitrogens with one attached hydrogen (secondary N) is 2. The standard InChI is InChI=1S/C12H16F3N3O3S/c13-12(14,15)8-17-11(19)9-2-4-10(5-3-9)22(20,21)18-7-1-6-16/h2-5,18H,1,6-8,16H2,(H,17,19). The summed E-state index contributed by atoms with van der Waals surface area (Å²) in [6, 6.07) is 4.58. The zero-order valence-corrected chi connectivity index (χ0v) is 12.3. The van der Waals surface area contributed by atoms with Gasteiger partial charge in [-0.15, -0.1) is 0 Å². The molecule has 1 amide bonds. The Bertz CT molecular complexity index is 600. The number of sulfonamides is 1. The predicted molar refractivity (Wildman–Crippen MR) is 73.7 cm³/mol. The maximum Gasteiger partial charge on any atom is 0.405 e. The second-order valence-electron chi connectivity index (χ2n) is 4.36. The highest BCUT2D eigenvalue weighted by atomic mass is 32.2. The van der Waals surface area contributed by atoms with E-state index in [1.54, 1.807) is 5.32 Å². The second kappa shape index (κ2) is 7.56. The van der Waals surface area contributed by atoms with Crippen LogP contribution in [0.2, 0.25) is 0 Å². The first-order valence-electron chi connectivity index (χ1n) is 6.30. The van der Waals surface area contributed by atoms with Crippen molar-refractivity contribution in [1.82, 2.24) is 10.0 Å². The molecule has 4 N–H and O–H groups in total. The third kappa shape index (κ3) is 6.00. The van der Waals surface area contributed by atoms with Gasteiger partial charge >= 0.3 is 6.18 Å². The van der Waals surface area contributed by atoms with Gasteiger partial charge in [0, 0.05) is 12.1 Å². The Balaban J connectivity index is 2.72. The minimum atomic E-state index is -4.51. The monoisotopic (exact) mass is 339 g/mol. The van der Waals surface area contributed by atoms with Crippen molar-refractivity contribution >= 4 is 15.9 Å². The van der Waals surface area contributed by atoms with Crippen LogP contribution in [0.15, 0.2) is 29.2 Å². The molecule has 0 fully saturated rings.